The molecule has 0 aliphatic rings. The molecule has 1 unspecified atom stereocenters. The Kier molecular flexibility index (Phi) is 5.24. The van der Waals surface area contributed by atoms with Gasteiger partial charge in [0.05, 0.1) is 25.1 Å². The summed E-state index contributed by atoms with van der Waals surface area (Å²) in [5.41, 5.74) is -0.148. The van der Waals surface area contributed by atoms with Gasteiger partial charge in [0.25, 0.3) is 0 Å². The molecule has 0 bridgehead atoms. The minimum atomic E-state index is -0.527. The van der Waals surface area contributed by atoms with Gasteiger partial charge in [-0.05, 0) is 0 Å². The molecule has 1 atom stereocenters. The third-order valence-electron chi connectivity index (χ3n) is 2.75. The SMILES string of the molecule is COC(=O)C(C)CN(C)c1nc(OC)ccc1[N+](=O)[O-]. The monoisotopic (exact) mass is 283 g/mol. The van der Waals surface area contributed by atoms with Crippen molar-refractivity contribution in [3.8, 4) is 5.88 Å². The first-order valence-corrected chi connectivity index (χ1v) is 5.89. The van der Waals surface area contributed by atoms with E-state index in [2.05, 4.69) is 9.72 Å². The van der Waals surface area contributed by atoms with Gasteiger partial charge >= 0.3 is 11.7 Å². The van der Waals surface area contributed by atoms with Gasteiger partial charge in [0, 0.05) is 25.7 Å². The number of aromatic nitrogens is 1. The van der Waals surface area contributed by atoms with Crippen LogP contribution in [0.15, 0.2) is 12.1 Å². The lowest BCUT2D eigenvalue weighted by Gasteiger charge is -2.21. The second-order valence-corrected chi connectivity index (χ2v) is 4.26. The van der Waals surface area contributed by atoms with E-state index in [0.717, 1.165) is 0 Å². The van der Waals surface area contributed by atoms with Crippen molar-refractivity contribution < 1.29 is 19.2 Å². The standard InChI is InChI=1S/C12H17N3O5/c1-8(12(16)20-4)7-14(2)11-9(15(17)18)5-6-10(13-11)19-3/h5-6,8H,7H2,1-4H3. The minimum Gasteiger partial charge on any atom is -0.481 e. The quantitative estimate of drug-likeness (QED) is 0.440. The third kappa shape index (κ3) is 3.56. The Balaban J connectivity index is 3.03. The predicted octanol–water partition coefficient (Wildman–Crippen LogP) is 1.24. The molecule has 0 aliphatic heterocycles. The number of rotatable bonds is 6. The van der Waals surface area contributed by atoms with Crippen LogP contribution >= 0.6 is 0 Å². The summed E-state index contributed by atoms with van der Waals surface area (Å²) in [6.45, 7) is 1.92. The Bertz CT molecular complexity index is 506. The van der Waals surface area contributed by atoms with Gasteiger partial charge in [-0.2, -0.15) is 4.98 Å². The first kappa shape index (κ1) is 15.7. The fraction of sp³-hybridized carbons (Fsp3) is 0.500. The molecule has 0 aromatic carbocycles. The van der Waals surface area contributed by atoms with E-state index in [1.54, 1.807) is 14.0 Å². The maximum absolute atomic E-state index is 11.4. The van der Waals surface area contributed by atoms with Gasteiger partial charge in [-0.1, -0.05) is 6.92 Å². The lowest BCUT2D eigenvalue weighted by Crippen LogP contribution is -2.30. The zero-order valence-electron chi connectivity index (χ0n) is 11.8. The van der Waals surface area contributed by atoms with E-state index in [-0.39, 0.29) is 29.9 Å². The highest BCUT2D eigenvalue weighted by Gasteiger charge is 2.23. The Labute approximate surface area is 116 Å². The van der Waals surface area contributed by atoms with Crippen LogP contribution in [-0.2, 0) is 9.53 Å². The molecule has 1 aromatic heterocycles. The highest BCUT2D eigenvalue weighted by Crippen LogP contribution is 2.28. The van der Waals surface area contributed by atoms with Crippen LogP contribution in [0.5, 0.6) is 5.88 Å². The molecule has 0 saturated carbocycles. The van der Waals surface area contributed by atoms with Gasteiger partial charge in [0.1, 0.15) is 0 Å². The number of carbonyl (C=O) groups is 1. The van der Waals surface area contributed by atoms with Crippen LogP contribution in [0.3, 0.4) is 0 Å². The van der Waals surface area contributed by atoms with Crippen molar-refractivity contribution >= 4 is 17.5 Å². The number of hydrogen-bond donors (Lipinski definition) is 0. The van der Waals surface area contributed by atoms with Crippen LogP contribution in [-0.4, -0.2) is 43.7 Å². The van der Waals surface area contributed by atoms with E-state index >= 15 is 0 Å². The summed E-state index contributed by atoms with van der Waals surface area (Å²) in [5, 5.41) is 11.0. The topological polar surface area (TPSA) is 94.8 Å². The van der Waals surface area contributed by atoms with Crippen LogP contribution in [0.1, 0.15) is 6.92 Å². The lowest BCUT2D eigenvalue weighted by atomic mass is 10.1. The number of esters is 1. The summed E-state index contributed by atoms with van der Waals surface area (Å²) in [7, 11) is 4.34. The van der Waals surface area contributed by atoms with E-state index in [1.165, 1.54) is 31.3 Å². The summed E-state index contributed by atoms with van der Waals surface area (Å²) in [5.74, 6) is -0.409. The van der Waals surface area contributed by atoms with E-state index in [0.29, 0.717) is 0 Å². The van der Waals surface area contributed by atoms with Gasteiger partial charge in [0.15, 0.2) is 0 Å². The number of pyridine rings is 1. The smallest absolute Gasteiger partial charge is 0.311 e. The van der Waals surface area contributed by atoms with Gasteiger partial charge < -0.3 is 14.4 Å². The molecule has 1 heterocycles. The molecule has 0 aliphatic carbocycles. The molecule has 1 rings (SSSR count). The summed E-state index contributed by atoms with van der Waals surface area (Å²) in [6.07, 6.45) is 0. The van der Waals surface area contributed by atoms with Crippen LogP contribution in [0, 0.1) is 16.0 Å². The Hall–Kier alpha value is -2.38. The number of methoxy groups -OCH3 is 2. The van der Waals surface area contributed by atoms with E-state index in [4.69, 9.17) is 4.74 Å². The van der Waals surface area contributed by atoms with Gasteiger partial charge in [-0.15, -0.1) is 0 Å². The number of ether oxygens (including phenoxy) is 2. The highest BCUT2D eigenvalue weighted by atomic mass is 16.6. The fourth-order valence-corrected chi connectivity index (χ4v) is 1.73. The van der Waals surface area contributed by atoms with Gasteiger partial charge in [0.2, 0.25) is 11.7 Å². The molecule has 0 radical (unpaired) electrons. The second-order valence-electron chi connectivity index (χ2n) is 4.26. The molecule has 0 amide bonds. The average Bonchev–Trinajstić information content (AvgIpc) is 2.45. The molecule has 110 valence electrons. The number of nitro groups is 1. The van der Waals surface area contributed by atoms with Crippen molar-refractivity contribution in [3.05, 3.63) is 22.2 Å². The first-order valence-electron chi connectivity index (χ1n) is 5.89. The van der Waals surface area contributed by atoms with E-state index in [9.17, 15) is 14.9 Å². The van der Waals surface area contributed by atoms with Crippen molar-refractivity contribution in [2.45, 2.75) is 6.92 Å². The summed E-state index contributed by atoms with van der Waals surface area (Å²) in [4.78, 5) is 27.5. The Morgan fingerprint density at radius 3 is 2.65 bits per heavy atom. The van der Waals surface area contributed by atoms with Crippen molar-refractivity contribution in [2.75, 3.05) is 32.7 Å². The Morgan fingerprint density at radius 2 is 2.15 bits per heavy atom. The number of nitrogens with zero attached hydrogens (tertiary/aromatic N) is 3. The first-order chi connectivity index (χ1) is 9.40. The molecule has 0 N–H and O–H groups in total. The van der Waals surface area contributed by atoms with Crippen molar-refractivity contribution in [3.63, 3.8) is 0 Å². The molecule has 0 saturated heterocycles. The maximum atomic E-state index is 11.4. The summed E-state index contributed by atoms with van der Waals surface area (Å²) < 4.78 is 9.59. The molecular weight excluding hydrogens is 266 g/mol. The molecule has 20 heavy (non-hydrogen) atoms. The average molecular weight is 283 g/mol. The zero-order chi connectivity index (χ0) is 15.3. The van der Waals surface area contributed by atoms with Crippen molar-refractivity contribution in [1.29, 1.82) is 0 Å². The fourth-order valence-electron chi connectivity index (χ4n) is 1.73. The molecule has 1 aromatic rings. The Morgan fingerprint density at radius 1 is 1.50 bits per heavy atom. The zero-order valence-corrected chi connectivity index (χ0v) is 11.8. The number of hydrogen-bond acceptors (Lipinski definition) is 7. The predicted molar refractivity (Wildman–Crippen MR) is 71.9 cm³/mol. The molecular formula is C12H17N3O5. The molecule has 0 fully saturated rings. The van der Waals surface area contributed by atoms with Gasteiger partial charge in [-0.3, -0.25) is 14.9 Å². The molecule has 0 spiro atoms. The summed E-state index contributed by atoms with van der Waals surface area (Å²) >= 11 is 0. The third-order valence-corrected chi connectivity index (χ3v) is 2.75. The molecule has 8 heteroatoms. The van der Waals surface area contributed by atoms with Gasteiger partial charge in [-0.25, -0.2) is 0 Å². The molecule has 8 nitrogen and oxygen atoms in total. The summed E-state index contributed by atoms with van der Waals surface area (Å²) in [6, 6.07) is 2.74. The van der Waals surface area contributed by atoms with Crippen LogP contribution in [0.2, 0.25) is 0 Å². The van der Waals surface area contributed by atoms with Crippen molar-refractivity contribution in [2.24, 2.45) is 5.92 Å². The van der Waals surface area contributed by atoms with Crippen LogP contribution < -0.4 is 9.64 Å². The van der Waals surface area contributed by atoms with Crippen molar-refractivity contribution in [1.82, 2.24) is 4.98 Å². The second kappa shape index (κ2) is 6.69. The minimum absolute atomic E-state index is 0.144. The van der Waals surface area contributed by atoms with E-state index < -0.39 is 10.8 Å². The normalized spacial score (nSPS) is 11.6. The number of carbonyl (C=O) groups excluding carboxylic acids is 1. The number of anilines is 1. The van der Waals surface area contributed by atoms with Crippen LogP contribution in [0.25, 0.3) is 0 Å². The maximum Gasteiger partial charge on any atom is 0.311 e. The lowest BCUT2D eigenvalue weighted by molar-refractivity contribution is -0.384. The largest absolute Gasteiger partial charge is 0.481 e. The highest BCUT2D eigenvalue weighted by molar-refractivity contribution is 5.73. The van der Waals surface area contributed by atoms with Crippen LogP contribution in [0.4, 0.5) is 11.5 Å². The van der Waals surface area contributed by atoms with E-state index in [1.807, 2.05) is 0 Å².